The van der Waals surface area contributed by atoms with Crippen LogP contribution in [-0.4, -0.2) is 26.4 Å². The smallest absolute Gasteiger partial charge is 0.387 e. The highest BCUT2D eigenvalue weighted by Gasteiger charge is 2.11. The summed E-state index contributed by atoms with van der Waals surface area (Å²) in [6, 6.07) is 9.67. The summed E-state index contributed by atoms with van der Waals surface area (Å²) in [6.45, 7) is -5.58. The molecule has 0 heterocycles. The van der Waals surface area contributed by atoms with Gasteiger partial charge in [-0.2, -0.15) is 17.6 Å². The number of amides is 2. The lowest BCUT2D eigenvalue weighted by atomic mass is 10.2. The van der Waals surface area contributed by atoms with Crippen molar-refractivity contribution in [3.8, 4) is 17.2 Å². The first-order valence-electron chi connectivity index (χ1n) is 8.04. The van der Waals surface area contributed by atoms with Crippen LogP contribution in [0.2, 0.25) is 0 Å². The molecule has 2 amide bonds. The fourth-order valence-corrected chi connectivity index (χ4v) is 2.23. The maximum atomic E-state index is 12.3. The molecule has 0 aliphatic rings. The van der Waals surface area contributed by atoms with Gasteiger partial charge in [0.05, 0.1) is 7.11 Å². The van der Waals surface area contributed by atoms with Gasteiger partial charge in [0.25, 0.3) is 0 Å². The van der Waals surface area contributed by atoms with Crippen LogP contribution in [0.4, 0.5) is 22.4 Å². The first-order valence-corrected chi connectivity index (χ1v) is 8.04. The number of carbonyl (C=O) groups is 1. The minimum absolute atomic E-state index is 0.0245. The van der Waals surface area contributed by atoms with E-state index in [2.05, 4.69) is 20.1 Å². The molecule has 0 saturated carbocycles. The molecule has 2 aromatic carbocycles. The molecule has 0 fully saturated rings. The van der Waals surface area contributed by atoms with Crippen LogP contribution >= 0.6 is 0 Å². The molecule has 0 aromatic heterocycles. The van der Waals surface area contributed by atoms with E-state index in [0.29, 0.717) is 11.1 Å². The Bertz CT molecular complexity index is 773. The molecule has 0 unspecified atom stereocenters. The van der Waals surface area contributed by atoms with Gasteiger partial charge in [0.15, 0.2) is 11.5 Å². The second kappa shape index (κ2) is 10.2. The van der Waals surface area contributed by atoms with E-state index < -0.39 is 19.3 Å². The summed E-state index contributed by atoms with van der Waals surface area (Å²) >= 11 is 0. The number of ether oxygens (including phenoxy) is 3. The summed E-state index contributed by atoms with van der Waals surface area (Å²) in [5.74, 6) is 0.0347. The molecule has 2 rings (SSSR count). The minimum atomic E-state index is -2.97. The quantitative estimate of drug-likeness (QED) is 0.625. The Labute approximate surface area is 158 Å². The molecule has 152 valence electrons. The van der Waals surface area contributed by atoms with Crippen LogP contribution in [0.3, 0.4) is 0 Å². The van der Waals surface area contributed by atoms with E-state index in [4.69, 9.17) is 4.74 Å². The zero-order valence-electron chi connectivity index (χ0n) is 14.8. The van der Waals surface area contributed by atoms with Gasteiger partial charge in [-0.05, 0) is 35.4 Å². The summed E-state index contributed by atoms with van der Waals surface area (Å²) in [7, 11) is 1.31. The van der Waals surface area contributed by atoms with Crippen molar-refractivity contribution in [1.29, 1.82) is 0 Å². The van der Waals surface area contributed by atoms with Crippen LogP contribution < -0.4 is 24.8 Å². The molecular weight excluding hydrogens is 384 g/mol. The third-order valence-corrected chi connectivity index (χ3v) is 3.50. The van der Waals surface area contributed by atoms with Gasteiger partial charge in [0, 0.05) is 13.1 Å². The molecule has 0 spiro atoms. The Morgan fingerprint density at radius 1 is 0.857 bits per heavy atom. The van der Waals surface area contributed by atoms with Gasteiger partial charge in [-0.15, -0.1) is 0 Å². The van der Waals surface area contributed by atoms with Crippen molar-refractivity contribution in [2.75, 3.05) is 7.11 Å². The predicted molar refractivity (Wildman–Crippen MR) is 91.8 cm³/mol. The lowest BCUT2D eigenvalue weighted by Crippen LogP contribution is -2.34. The number of alkyl halides is 4. The van der Waals surface area contributed by atoms with Crippen LogP contribution in [0.1, 0.15) is 11.1 Å². The van der Waals surface area contributed by atoms with Crippen molar-refractivity contribution in [3.63, 3.8) is 0 Å². The van der Waals surface area contributed by atoms with Crippen LogP contribution in [0, 0.1) is 0 Å². The first kappa shape index (κ1) is 21.1. The third-order valence-electron chi connectivity index (χ3n) is 3.50. The largest absolute Gasteiger partial charge is 0.493 e. The number of hydrogen-bond acceptors (Lipinski definition) is 4. The standard InChI is InChI=1S/C18H18F4N2O4/c1-26-15-8-12(4-7-14(15)28-17(21)22)10-24-18(25)23-9-11-2-5-13(6-3-11)27-16(19)20/h2-8,16-17H,9-10H2,1H3,(H2,23,24,25). The number of rotatable bonds is 9. The summed E-state index contributed by atoms with van der Waals surface area (Å²) in [6.07, 6.45) is 0. The van der Waals surface area contributed by atoms with E-state index in [1.54, 1.807) is 12.1 Å². The number of hydrogen-bond donors (Lipinski definition) is 2. The lowest BCUT2D eigenvalue weighted by molar-refractivity contribution is -0.0514. The van der Waals surface area contributed by atoms with Gasteiger partial charge in [0.1, 0.15) is 5.75 Å². The molecule has 0 radical (unpaired) electrons. The number of methoxy groups -OCH3 is 1. The average molecular weight is 402 g/mol. The van der Waals surface area contributed by atoms with Gasteiger partial charge in [-0.3, -0.25) is 0 Å². The van der Waals surface area contributed by atoms with E-state index >= 15 is 0 Å². The molecule has 2 N–H and O–H groups in total. The second-order valence-electron chi connectivity index (χ2n) is 5.42. The third kappa shape index (κ3) is 6.86. The minimum Gasteiger partial charge on any atom is -0.493 e. The Morgan fingerprint density at radius 2 is 1.43 bits per heavy atom. The van der Waals surface area contributed by atoms with Gasteiger partial charge in [-0.25, -0.2) is 4.79 Å². The Kier molecular flexibility index (Phi) is 7.73. The highest BCUT2D eigenvalue weighted by Crippen LogP contribution is 2.29. The van der Waals surface area contributed by atoms with Crippen LogP contribution in [0.25, 0.3) is 0 Å². The van der Waals surface area contributed by atoms with Crippen molar-refractivity contribution < 1.29 is 36.6 Å². The summed E-state index contributed by atoms with van der Waals surface area (Å²) < 4.78 is 62.4. The van der Waals surface area contributed by atoms with E-state index in [9.17, 15) is 22.4 Å². The number of halogens is 4. The van der Waals surface area contributed by atoms with Gasteiger partial charge in [0.2, 0.25) is 0 Å². The van der Waals surface area contributed by atoms with Gasteiger partial charge in [-0.1, -0.05) is 18.2 Å². The zero-order valence-corrected chi connectivity index (χ0v) is 14.8. The van der Waals surface area contributed by atoms with Crippen LogP contribution in [0.5, 0.6) is 17.2 Å². The van der Waals surface area contributed by atoms with Crippen molar-refractivity contribution in [2.45, 2.75) is 26.3 Å². The topological polar surface area (TPSA) is 68.8 Å². The molecule has 10 heteroatoms. The number of benzene rings is 2. The SMILES string of the molecule is COc1cc(CNC(=O)NCc2ccc(OC(F)F)cc2)ccc1OC(F)F. The monoisotopic (exact) mass is 402 g/mol. The highest BCUT2D eigenvalue weighted by molar-refractivity contribution is 5.73. The second-order valence-corrected chi connectivity index (χ2v) is 5.42. The zero-order chi connectivity index (χ0) is 20.5. The van der Waals surface area contributed by atoms with E-state index in [1.165, 1.54) is 37.4 Å². The fraction of sp³-hybridized carbons (Fsp3) is 0.278. The van der Waals surface area contributed by atoms with Crippen molar-refractivity contribution in [3.05, 3.63) is 53.6 Å². The molecule has 0 saturated heterocycles. The Morgan fingerprint density at radius 3 is 2.00 bits per heavy atom. The molecule has 2 aromatic rings. The molecule has 0 atom stereocenters. The lowest BCUT2D eigenvalue weighted by Gasteiger charge is -2.12. The first-order chi connectivity index (χ1) is 13.4. The summed E-state index contributed by atoms with van der Waals surface area (Å²) in [4.78, 5) is 11.9. The van der Waals surface area contributed by atoms with Crippen LogP contribution in [-0.2, 0) is 13.1 Å². The maximum absolute atomic E-state index is 12.3. The fourth-order valence-electron chi connectivity index (χ4n) is 2.23. The normalized spacial score (nSPS) is 10.7. The van der Waals surface area contributed by atoms with Gasteiger partial charge < -0.3 is 24.8 Å². The predicted octanol–water partition coefficient (Wildman–Crippen LogP) is 3.90. The summed E-state index contributed by atoms with van der Waals surface area (Å²) in [5.41, 5.74) is 1.30. The van der Waals surface area contributed by atoms with Crippen molar-refractivity contribution >= 4 is 6.03 Å². The number of carbonyl (C=O) groups excluding carboxylic acids is 1. The van der Waals surface area contributed by atoms with Gasteiger partial charge >= 0.3 is 19.3 Å². The average Bonchev–Trinajstić information content (AvgIpc) is 2.65. The van der Waals surface area contributed by atoms with Crippen molar-refractivity contribution in [2.24, 2.45) is 0 Å². The number of urea groups is 1. The summed E-state index contributed by atoms with van der Waals surface area (Å²) in [5, 5.41) is 5.20. The van der Waals surface area contributed by atoms with E-state index in [0.717, 1.165) is 0 Å². The van der Waals surface area contributed by atoms with Crippen molar-refractivity contribution in [1.82, 2.24) is 10.6 Å². The Hall–Kier alpha value is -3.17. The molecule has 6 nitrogen and oxygen atoms in total. The van der Waals surface area contributed by atoms with E-state index in [-0.39, 0.29) is 30.3 Å². The molecule has 28 heavy (non-hydrogen) atoms. The maximum Gasteiger partial charge on any atom is 0.387 e. The number of nitrogens with one attached hydrogen (secondary N) is 2. The molecular formula is C18H18F4N2O4. The Balaban J connectivity index is 1.82. The molecule has 0 aliphatic heterocycles. The highest BCUT2D eigenvalue weighted by atomic mass is 19.3. The van der Waals surface area contributed by atoms with Crippen LogP contribution in [0.15, 0.2) is 42.5 Å². The molecule has 0 aliphatic carbocycles. The molecule has 0 bridgehead atoms. The van der Waals surface area contributed by atoms with E-state index in [1.807, 2.05) is 0 Å².